The van der Waals surface area contributed by atoms with Crippen LogP contribution in [-0.2, 0) is 0 Å². The van der Waals surface area contributed by atoms with Gasteiger partial charge in [0, 0.05) is 30.9 Å². The Kier molecular flexibility index (Phi) is 4.19. The molecule has 0 radical (unpaired) electrons. The highest BCUT2D eigenvalue weighted by Crippen LogP contribution is 2.27. The van der Waals surface area contributed by atoms with Crippen molar-refractivity contribution in [1.82, 2.24) is 9.97 Å². The normalized spacial score (nSPS) is 10.0. The van der Waals surface area contributed by atoms with Gasteiger partial charge in [0.15, 0.2) is 11.6 Å². The molecule has 0 fully saturated rings. The lowest BCUT2D eigenvalue weighted by Crippen LogP contribution is -2.03. The second-order valence-electron chi connectivity index (χ2n) is 3.87. The maximum absolute atomic E-state index is 13.3. The van der Waals surface area contributed by atoms with Crippen LogP contribution in [0.4, 0.5) is 21.8 Å². The second-order valence-corrected chi connectivity index (χ2v) is 3.87. The number of benzene rings is 1. The van der Waals surface area contributed by atoms with Crippen molar-refractivity contribution in [2.24, 2.45) is 0 Å². The molecule has 0 saturated carbocycles. The zero-order valence-electron chi connectivity index (χ0n) is 11.4. The topological polar surface area (TPSA) is 68.3 Å². The third kappa shape index (κ3) is 3.05. The van der Waals surface area contributed by atoms with Crippen LogP contribution in [0.5, 0.6) is 11.5 Å². The number of hydrogen-bond acceptors (Lipinski definition) is 6. The zero-order valence-corrected chi connectivity index (χ0v) is 11.4. The summed E-state index contributed by atoms with van der Waals surface area (Å²) in [5, 5.41) is 5.62. The summed E-state index contributed by atoms with van der Waals surface area (Å²) in [6, 6.07) is 5.26. The molecule has 0 aliphatic heterocycles. The van der Waals surface area contributed by atoms with Gasteiger partial charge in [-0.1, -0.05) is 0 Å². The van der Waals surface area contributed by atoms with Gasteiger partial charge in [0.05, 0.1) is 20.4 Å². The van der Waals surface area contributed by atoms with Crippen LogP contribution in [0.2, 0.25) is 0 Å². The van der Waals surface area contributed by atoms with E-state index in [1.807, 2.05) is 0 Å². The fourth-order valence-electron chi connectivity index (χ4n) is 1.61. The Balaban J connectivity index is 2.29. The van der Waals surface area contributed by atoms with Gasteiger partial charge in [-0.2, -0.15) is 4.98 Å². The zero-order chi connectivity index (χ0) is 14.5. The Hall–Kier alpha value is -2.57. The van der Waals surface area contributed by atoms with E-state index in [0.717, 1.165) is 6.20 Å². The van der Waals surface area contributed by atoms with Crippen LogP contribution in [0.15, 0.2) is 24.4 Å². The molecule has 7 heteroatoms. The van der Waals surface area contributed by atoms with Crippen LogP contribution in [-0.4, -0.2) is 31.2 Å². The third-order valence-corrected chi connectivity index (χ3v) is 2.59. The van der Waals surface area contributed by atoms with E-state index in [1.54, 1.807) is 39.5 Å². The maximum Gasteiger partial charge on any atom is 0.229 e. The summed E-state index contributed by atoms with van der Waals surface area (Å²) < 4.78 is 23.6. The Bertz CT molecular complexity index is 585. The highest BCUT2D eigenvalue weighted by molar-refractivity contribution is 5.60. The average molecular weight is 278 g/mol. The summed E-state index contributed by atoms with van der Waals surface area (Å²) in [6.07, 6.45) is 1.10. The van der Waals surface area contributed by atoms with Crippen molar-refractivity contribution in [1.29, 1.82) is 0 Å². The van der Waals surface area contributed by atoms with Gasteiger partial charge in [-0.25, -0.2) is 9.37 Å². The number of anilines is 3. The summed E-state index contributed by atoms with van der Waals surface area (Å²) in [5.74, 6) is 1.13. The molecule has 2 N–H and O–H groups in total. The molecule has 0 aliphatic carbocycles. The Morgan fingerprint density at radius 1 is 1.10 bits per heavy atom. The molecule has 0 saturated heterocycles. The molecule has 2 rings (SSSR count). The molecule has 0 atom stereocenters. The fraction of sp³-hybridized carbons (Fsp3) is 0.231. The lowest BCUT2D eigenvalue weighted by atomic mass is 10.3. The second kappa shape index (κ2) is 6.05. The van der Waals surface area contributed by atoms with E-state index in [-0.39, 0.29) is 11.8 Å². The summed E-state index contributed by atoms with van der Waals surface area (Å²) in [7, 11) is 4.71. The minimum Gasteiger partial charge on any atom is -0.497 e. The van der Waals surface area contributed by atoms with Crippen LogP contribution in [0, 0.1) is 5.82 Å². The molecule has 2 aromatic rings. The van der Waals surface area contributed by atoms with E-state index in [9.17, 15) is 4.39 Å². The summed E-state index contributed by atoms with van der Waals surface area (Å²) >= 11 is 0. The van der Waals surface area contributed by atoms with Crippen LogP contribution in [0.1, 0.15) is 0 Å². The first kappa shape index (κ1) is 13.9. The molecule has 1 aromatic carbocycles. The predicted octanol–water partition coefficient (Wildman–Crippen LogP) is 2.42. The molecule has 0 amide bonds. The predicted molar refractivity (Wildman–Crippen MR) is 74.4 cm³/mol. The van der Waals surface area contributed by atoms with Gasteiger partial charge in [-0.05, 0) is 0 Å². The quantitative estimate of drug-likeness (QED) is 0.875. The van der Waals surface area contributed by atoms with E-state index in [0.29, 0.717) is 17.2 Å². The van der Waals surface area contributed by atoms with E-state index in [1.165, 1.54) is 0 Å². The van der Waals surface area contributed by atoms with Crippen LogP contribution in [0.25, 0.3) is 0 Å². The number of hydrogen-bond donors (Lipinski definition) is 2. The minimum absolute atomic E-state index is 0.123. The molecular weight excluding hydrogens is 263 g/mol. The summed E-state index contributed by atoms with van der Waals surface area (Å²) in [4.78, 5) is 7.88. The number of ether oxygens (including phenoxy) is 2. The van der Waals surface area contributed by atoms with Gasteiger partial charge >= 0.3 is 0 Å². The maximum atomic E-state index is 13.3. The van der Waals surface area contributed by atoms with Crippen molar-refractivity contribution < 1.29 is 13.9 Å². The molecule has 0 spiro atoms. The standard InChI is InChI=1S/C13H15FN4O2/c1-15-12-11(14)7-16-13(18-12)17-8-4-9(19-2)6-10(5-8)20-3/h4-7H,1-3H3,(H2,15,16,17,18). The lowest BCUT2D eigenvalue weighted by Gasteiger charge is -2.10. The van der Waals surface area contributed by atoms with Crippen molar-refractivity contribution in [3.05, 3.63) is 30.2 Å². The minimum atomic E-state index is -0.513. The first-order chi connectivity index (χ1) is 9.66. The molecule has 0 unspecified atom stereocenters. The average Bonchev–Trinajstić information content (AvgIpc) is 2.48. The van der Waals surface area contributed by atoms with Gasteiger partial charge in [-0.15, -0.1) is 0 Å². The monoisotopic (exact) mass is 278 g/mol. The highest BCUT2D eigenvalue weighted by Gasteiger charge is 2.07. The number of halogens is 1. The number of methoxy groups -OCH3 is 2. The largest absolute Gasteiger partial charge is 0.497 e. The third-order valence-electron chi connectivity index (χ3n) is 2.59. The fourth-order valence-corrected chi connectivity index (χ4v) is 1.61. The number of nitrogens with one attached hydrogen (secondary N) is 2. The Morgan fingerprint density at radius 2 is 1.75 bits per heavy atom. The number of nitrogens with zero attached hydrogens (tertiary/aromatic N) is 2. The van der Waals surface area contributed by atoms with Crippen LogP contribution >= 0.6 is 0 Å². The summed E-state index contributed by atoms with van der Waals surface area (Å²) in [5.41, 5.74) is 0.676. The number of aromatic nitrogens is 2. The Labute approximate surface area is 116 Å². The van der Waals surface area contributed by atoms with Gasteiger partial charge in [0.25, 0.3) is 0 Å². The van der Waals surface area contributed by atoms with Gasteiger partial charge in [-0.3, -0.25) is 0 Å². The molecule has 0 bridgehead atoms. The van der Waals surface area contributed by atoms with Gasteiger partial charge in [0.2, 0.25) is 5.95 Å². The molecule has 1 heterocycles. The summed E-state index contributed by atoms with van der Waals surface area (Å²) in [6.45, 7) is 0. The van der Waals surface area contributed by atoms with E-state index >= 15 is 0 Å². The van der Waals surface area contributed by atoms with Crippen LogP contribution in [0.3, 0.4) is 0 Å². The van der Waals surface area contributed by atoms with Crippen molar-refractivity contribution in [2.45, 2.75) is 0 Å². The van der Waals surface area contributed by atoms with Crippen molar-refractivity contribution >= 4 is 17.5 Å². The van der Waals surface area contributed by atoms with E-state index in [4.69, 9.17) is 9.47 Å². The highest BCUT2D eigenvalue weighted by atomic mass is 19.1. The molecule has 6 nitrogen and oxygen atoms in total. The van der Waals surface area contributed by atoms with E-state index < -0.39 is 5.82 Å². The molecule has 1 aromatic heterocycles. The van der Waals surface area contributed by atoms with Gasteiger partial charge < -0.3 is 20.1 Å². The first-order valence-corrected chi connectivity index (χ1v) is 5.86. The van der Waals surface area contributed by atoms with Crippen molar-refractivity contribution in [3.63, 3.8) is 0 Å². The van der Waals surface area contributed by atoms with Crippen LogP contribution < -0.4 is 20.1 Å². The molecule has 0 aliphatic rings. The van der Waals surface area contributed by atoms with Crippen molar-refractivity contribution in [2.75, 3.05) is 31.9 Å². The molecule has 106 valence electrons. The lowest BCUT2D eigenvalue weighted by molar-refractivity contribution is 0.395. The van der Waals surface area contributed by atoms with E-state index in [2.05, 4.69) is 20.6 Å². The smallest absolute Gasteiger partial charge is 0.229 e. The van der Waals surface area contributed by atoms with Gasteiger partial charge in [0.1, 0.15) is 11.5 Å². The van der Waals surface area contributed by atoms with Crippen molar-refractivity contribution in [3.8, 4) is 11.5 Å². The first-order valence-electron chi connectivity index (χ1n) is 5.86. The number of rotatable bonds is 5. The molecular formula is C13H15FN4O2. The molecule has 20 heavy (non-hydrogen) atoms. The Morgan fingerprint density at radius 3 is 2.30 bits per heavy atom. The SMILES string of the molecule is CNc1nc(Nc2cc(OC)cc(OC)c2)ncc1F.